The Hall–Kier alpha value is -2.74. The van der Waals surface area contributed by atoms with E-state index in [-0.39, 0.29) is 24.5 Å². The van der Waals surface area contributed by atoms with E-state index in [0.717, 1.165) is 36.9 Å². The van der Waals surface area contributed by atoms with E-state index in [1.165, 1.54) is 0 Å². The maximum atomic E-state index is 13.4. The molecular weight excluding hydrogens is 370 g/mol. The normalized spacial score (nSPS) is 26.0. The molecule has 0 radical (unpaired) electrons. The highest BCUT2D eigenvalue weighted by molar-refractivity contribution is 5.87. The molecule has 8 heteroatoms. The molecule has 2 aromatic heterocycles. The van der Waals surface area contributed by atoms with Crippen LogP contribution in [0.3, 0.4) is 0 Å². The van der Waals surface area contributed by atoms with Gasteiger partial charge in [0.25, 0.3) is 5.91 Å². The number of carbonyl (C=O) groups excluding carboxylic acids is 2. The molecule has 2 aromatic rings. The highest BCUT2D eigenvalue weighted by atomic mass is 16.5. The van der Waals surface area contributed by atoms with Crippen molar-refractivity contribution >= 4 is 11.8 Å². The molecule has 1 aliphatic carbocycles. The molecule has 152 valence electrons. The number of ether oxygens (including phenoxy) is 1. The number of rotatable bonds is 4. The van der Waals surface area contributed by atoms with Crippen molar-refractivity contribution in [2.24, 2.45) is 0 Å². The number of piperidine rings is 1. The van der Waals surface area contributed by atoms with Crippen molar-refractivity contribution in [1.82, 2.24) is 25.0 Å². The molecule has 29 heavy (non-hydrogen) atoms. The van der Waals surface area contributed by atoms with Gasteiger partial charge in [-0.1, -0.05) is 6.07 Å². The van der Waals surface area contributed by atoms with Gasteiger partial charge in [-0.05, 0) is 43.4 Å². The van der Waals surface area contributed by atoms with Crippen LogP contribution in [0.4, 0.5) is 0 Å². The number of H-pyrrole nitrogens is 1. The van der Waals surface area contributed by atoms with Crippen molar-refractivity contribution in [3.63, 3.8) is 0 Å². The van der Waals surface area contributed by atoms with Crippen LogP contribution in [0.15, 0.2) is 36.8 Å². The van der Waals surface area contributed by atoms with Crippen molar-refractivity contribution in [2.45, 2.75) is 49.8 Å². The minimum atomic E-state index is -0.679. The molecule has 2 aliphatic heterocycles. The Balaban J connectivity index is 1.35. The van der Waals surface area contributed by atoms with Crippen LogP contribution in [0, 0.1) is 0 Å². The topological polar surface area (TPSA) is 91.4 Å². The van der Waals surface area contributed by atoms with Gasteiger partial charge in [-0.2, -0.15) is 5.10 Å². The van der Waals surface area contributed by atoms with Crippen LogP contribution in [0.1, 0.15) is 48.9 Å². The standard InChI is InChI=1S/C21H25N5O3/c27-18-13-29-20(19(26(18)16-3-4-16)15-2-1-8-22-12-15)21(28)25-10-6-14(7-11-25)17-5-9-23-24-17/h1-2,5,8-9,12,14,16,19-20H,3-4,6-7,10-11,13H2,(H,23,24)/t19-,20+/m1/s1. The van der Waals surface area contributed by atoms with E-state index in [1.807, 2.05) is 28.0 Å². The first-order chi connectivity index (χ1) is 14.2. The summed E-state index contributed by atoms with van der Waals surface area (Å²) in [5, 5.41) is 7.08. The first-order valence-electron chi connectivity index (χ1n) is 10.3. The van der Waals surface area contributed by atoms with Gasteiger partial charge in [-0.3, -0.25) is 19.7 Å². The van der Waals surface area contributed by atoms with Gasteiger partial charge in [0.05, 0.1) is 6.04 Å². The molecular formula is C21H25N5O3. The highest BCUT2D eigenvalue weighted by Gasteiger charge is 2.48. The number of amides is 2. The van der Waals surface area contributed by atoms with E-state index in [9.17, 15) is 9.59 Å². The van der Waals surface area contributed by atoms with E-state index in [4.69, 9.17) is 4.74 Å². The highest BCUT2D eigenvalue weighted by Crippen LogP contribution is 2.40. The average Bonchev–Trinajstić information content (AvgIpc) is 3.46. The number of morpholine rings is 1. The second-order valence-electron chi connectivity index (χ2n) is 8.11. The van der Waals surface area contributed by atoms with Gasteiger partial charge >= 0.3 is 0 Å². The Labute approximate surface area is 169 Å². The summed E-state index contributed by atoms with van der Waals surface area (Å²) in [6.07, 6.45) is 8.29. The van der Waals surface area contributed by atoms with Crippen LogP contribution in [0.25, 0.3) is 0 Å². The maximum absolute atomic E-state index is 13.4. The lowest BCUT2D eigenvalue weighted by Crippen LogP contribution is -2.56. The van der Waals surface area contributed by atoms with Crippen LogP contribution in [-0.4, -0.2) is 68.6 Å². The molecule has 3 aliphatic rings. The van der Waals surface area contributed by atoms with E-state index in [2.05, 4.69) is 15.2 Å². The fraction of sp³-hybridized carbons (Fsp3) is 0.524. The zero-order valence-electron chi connectivity index (χ0n) is 16.2. The van der Waals surface area contributed by atoms with E-state index in [0.29, 0.717) is 19.0 Å². The first kappa shape index (κ1) is 18.3. The third kappa shape index (κ3) is 3.53. The Morgan fingerprint density at radius 2 is 1.97 bits per heavy atom. The molecule has 0 spiro atoms. The lowest BCUT2D eigenvalue weighted by molar-refractivity contribution is -0.170. The quantitative estimate of drug-likeness (QED) is 0.850. The summed E-state index contributed by atoms with van der Waals surface area (Å²) >= 11 is 0. The number of nitrogens with zero attached hydrogens (tertiary/aromatic N) is 4. The molecule has 3 fully saturated rings. The molecule has 2 atom stereocenters. The largest absolute Gasteiger partial charge is 0.356 e. The SMILES string of the molecule is O=C([C@H]1OCC(=O)N(C2CC2)[C@@H]1c1cccnc1)N1CCC(c2ccn[nH]2)CC1. The summed E-state index contributed by atoms with van der Waals surface area (Å²) in [6, 6.07) is 5.58. The maximum Gasteiger partial charge on any atom is 0.254 e. The number of carbonyl (C=O) groups is 2. The molecule has 0 unspecified atom stereocenters. The molecule has 0 bridgehead atoms. The predicted molar refractivity (Wildman–Crippen MR) is 104 cm³/mol. The van der Waals surface area contributed by atoms with Crippen molar-refractivity contribution < 1.29 is 14.3 Å². The minimum Gasteiger partial charge on any atom is -0.356 e. The van der Waals surface area contributed by atoms with Gasteiger partial charge < -0.3 is 14.5 Å². The fourth-order valence-corrected chi connectivity index (χ4v) is 4.59. The molecule has 4 heterocycles. The number of nitrogens with one attached hydrogen (secondary N) is 1. The molecule has 0 aromatic carbocycles. The number of aromatic nitrogens is 3. The lowest BCUT2D eigenvalue weighted by Gasteiger charge is -2.43. The average molecular weight is 395 g/mol. The Kier molecular flexibility index (Phi) is 4.79. The van der Waals surface area contributed by atoms with Crippen molar-refractivity contribution in [2.75, 3.05) is 19.7 Å². The van der Waals surface area contributed by atoms with E-state index in [1.54, 1.807) is 18.6 Å². The van der Waals surface area contributed by atoms with E-state index < -0.39 is 12.1 Å². The van der Waals surface area contributed by atoms with Gasteiger partial charge in [-0.15, -0.1) is 0 Å². The van der Waals surface area contributed by atoms with Crippen LogP contribution >= 0.6 is 0 Å². The number of likely N-dealkylation sites (tertiary alicyclic amines) is 1. The zero-order valence-corrected chi connectivity index (χ0v) is 16.2. The number of hydrogen-bond donors (Lipinski definition) is 1. The lowest BCUT2D eigenvalue weighted by atomic mass is 9.92. The second kappa shape index (κ2) is 7.59. The van der Waals surface area contributed by atoms with Crippen LogP contribution in [-0.2, 0) is 14.3 Å². The summed E-state index contributed by atoms with van der Waals surface area (Å²) in [6.45, 7) is 1.33. The molecule has 1 N–H and O–H groups in total. The summed E-state index contributed by atoms with van der Waals surface area (Å²) in [5.74, 6) is 0.330. The molecule has 2 saturated heterocycles. The molecule has 5 rings (SSSR count). The Bertz CT molecular complexity index is 860. The monoisotopic (exact) mass is 395 g/mol. The summed E-state index contributed by atoms with van der Waals surface area (Å²) < 4.78 is 5.85. The number of pyridine rings is 1. The van der Waals surface area contributed by atoms with Crippen LogP contribution in [0.5, 0.6) is 0 Å². The van der Waals surface area contributed by atoms with Crippen molar-refractivity contribution in [3.05, 3.63) is 48.0 Å². The minimum absolute atomic E-state index is 0.0277. The Morgan fingerprint density at radius 3 is 2.62 bits per heavy atom. The first-order valence-corrected chi connectivity index (χ1v) is 10.3. The summed E-state index contributed by atoms with van der Waals surface area (Å²) in [7, 11) is 0. The van der Waals surface area contributed by atoms with Crippen LogP contribution in [0.2, 0.25) is 0 Å². The van der Waals surface area contributed by atoms with E-state index >= 15 is 0 Å². The predicted octanol–water partition coefficient (Wildman–Crippen LogP) is 1.64. The Morgan fingerprint density at radius 1 is 1.14 bits per heavy atom. The fourth-order valence-electron chi connectivity index (χ4n) is 4.59. The van der Waals surface area contributed by atoms with Gasteiger partial charge in [0, 0.05) is 49.3 Å². The number of aromatic amines is 1. The van der Waals surface area contributed by atoms with Crippen LogP contribution < -0.4 is 0 Å². The molecule has 1 saturated carbocycles. The number of hydrogen-bond acceptors (Lipinski definition) is 5. The third-order valence-corrected chi connectivity index (χ3v) is 6.24. The molecule has 8 nitrogen and oxygen atoms in total. The summed E-state index contributed by atoms with van der Waals surface area (Å²) in [4.78, 5) is 34.1. The van der Waals surface area contributed by atoms with Gasteiger partial charge in [0.1, 0.15) is 6.61 Å². The summed E-state index contributed by atoms with van der Waals surface area (Å²) in [5.41, 5.74) is 1.99. The molecule has 2 amide bonds. The third-order valence-electron chi connectivity index (χ3n) is 6.24. The van der Waals surface area contributed by atoms with Crippen molar-refractivity contribution in [3.8, 4) is 0 Å². The van der Waals surface area contributed by atoms with Gasteiger partial charge in [0.2, 0.25) is 5.91 Å². The second-order valence-corrected chi connectivity index (χ2v) is 8.11. The smallest absolute Gasteiger partial charge is 0.254 e. The van der Waals surface area contributed by atoms with Gasteiger partial charge in [0.15, 0.2) is 6.10 Å². The van der Waals surface area contributed by atoms with Gasteiger partial charge in [-0.25, -0.2) is 0 Å². The van der Waals surface area contributed by atoms with Crippen molar-refractivity contribution in [1.29, 1.82) is 0 Å². The zero-order chi connectivity index (χ0) is 19.8.